The smallest absolute Gasteiger partial charge is 0.320 e. The van der Waals surface area contributed by atoms with Gasteiger partial charge in [0.2, 0.25) is 5.16 Å². The van der Waals surface area contributed by atoms with Crippen LogP contribution in [-0.2, 0) is 16.6 Å². The van der Waals surface area contributed by atoms with Crippen molar-refractivity contribution in [2.24, 2.45) is 12.8 Å². The summed E-state index contributed by atoms with van der Waals surface area (Å²) in [5.41, 5.74) is 5.29. The number of carbonyl (C=O) groups is 2. The Morgan fingerprint density at radius 1 is 1.47 bits per heavy atom. The number of hydrogen-bond acceptors (Lipinski definition) is 7. The lowest BCUT2D eigenvalue weighted by Gasteiger charge is -2.13. The highest BCUT2D eigenvalue weighted by Gasteiger charge is 2.27. The summed E-state index contributed by atoms with van der Waals surface area (Å²) in [5.74, 6) is -2.40. The van der Waals surface area contributed by atoms with E-state index in [0.29, 0.717) is 0 Å². The largest absolute Gasteiger partial charge is 0.480 e. The molecule has 1 rings (SSSR count). The third-order valence-corrected chi connectivity index (χ3v) is 3.12. The molecule has 0 amide bonds. The molecular formula is C7H11N5O4S. The molecule has 0 aliphatic carbocycles. The van der Waals surface area contributed by atoms with Gasteiger partial charge in [0, 0.05) is 7.05 Å². The summed E-state index contributed by atoms with van der Waals surface area (Å²) >= 11 is 0.860. The number of aryl methyl sites for hydroxylation is 1. The molecule has 1 heterocycles. The van der Waals surface area contributed by atoms with Crippen molar-refractivity contribution >= 4 is 23.7 Å². The molecule has 2 atom stereocenters. The van der Waals surface area contributed by atoms with Crippen molar-refractivity contribution in [2.75, 3.05) is 0 Å². The zero-order valence-corrected chi connectivity index (χ0v) is 9.66. The summed E-state index contributed by atoms with van der Waals surface area (Å²) in [4.78, 5) is 21.5. The molecule has 2 unspecified atom stereocenters. The van der Waals surface area contributed by atoms with Crippen LogP contribution in [-0.4, -0.2) is 53.7 Å². The lowest BCUT2D eigenvalue weighted by molar-refractivity contribution is -0.139. The van der Waals surface area contributed by atoms with Crippen LogP contribution in [0.2, 0.25) is 0 Å². The van der Waals surface area contributed by atoms with Gasteiger partial charge in [-0.05, 0) is 16.8 Å². The van der Waals surface area contributed by atoms with Gasteiger partial charge in [0.15, 0.2) is 0 Å². The van der Waals surface area contributed by atoms with E-state index in [9.17, 15) is 9.59 Å². The molecule has 9 nitrogen and oxygen atoms in total. The maximum absolute atomic E-state index is 10.9. The first-order valence-electron chi connectivity index (χ1n) is 4.52. The average molecular weight is 261 g/mol. The molecule has 0 saturated carbocycles. The summed E-state index contributed by atoms with van der Waals surface area (Å²) in [7, 11) is 1.55. The van der Waals surface area contributed by atoms with E-state index in [4.69, 9.17) is 15.9 Å². The number of aliphatic carboxylic acids is 2. The van der Waals surface area contributed by atoms with Crippen molar-refractivity contribution in [3.05, 3.63) is 0 Å². The third kappa shape index (κ3) is 3.67. The van der Waals surface area contributed by atoms with Crippen LogP contribution in [0.15, 0.2) is 5.16 Å². The van der Waals surface area contributed by atoms with Crippen LogP contribution in [0.1, 0.15) is 6.42 Å². The zero-order chi connectivity index (χ0) is 13.0. The van der Waals surface area contributed by atoms with E-state index in [2.05, 4.69) is 15.5 Å². The molecule has 0 saturated heterocycles. The second-order valence-electron chi connectivity index (χ2n) is 3.21. The van der Waals surface area contributed by atoms with Gasteiger partial charge < -0.3 is 15.9 Å². The first-order valence-corrected chi connectivity index (χ1v) is 5.40. The minimum absolute atomic E-state index is 0.206. The number of carboxylic acids is 2. The van der Waals surface area contributed by atoms with Gasteiger partial charge in [0.25, 0.3) is 0 Å². The molecule has 0 fully saturated rings. The van der Waals surface area contributed by atoms with Gasteiger partial charge in [-0.1, -0.05) is 11.8 Å². The van der Waals surface area contributed by atoms with Crippen molar-refractivity contribution in [3.8, 4) is 0 Å². The number of thioether (sulfide) groups is 1. The average Bonchev–Trinajstić information content (AvgIpc) is 2.62. The van der Waals surface area contributed by atoms with Gasteiger partial charge in [-0.25, -0.2) is 4.68 Å². The number of nitrogens with two attached hydrogens (primary N) is 1. The van der Waals surface area contributed by atoms with E-state index in [-0.39, 0.29) is 11.6 Å². The number of aromatic nitrogens is 4. The van der Waals surface area contributed by atoms with Crippen molar-refractivity contribution in [2.45, 2.75) is 22.9 Å². The summed E-state index contributed by atoms with van der Waals surface area (Å²) in [6.07, 6.45) is -0.206. The maximum Gasteiger partial charge on any atom is 0.320 e. The van der Waals surface area contributed by atoms with Crippen LogP contribution in [0, 0.1) is 0 Å². The molecule has 4 N–H and O–H groups in total. The molecule has 0 spiro atoms. The zero-order valence-electron chi connectivity index (χ0n) is 8.85. The minimum atomic E-state index is -1.24. The topological polar surface area (TPSA) is 144 Å². The van der Waals surface area contributed by atoms with Gasteiger partial charge in [-0.15, -0.1) is 5.10 Å². The summed E-state index contributed by atoms with van der Waals surface area (Å²) in [6, 6.07) is -1.23. The summed E-state index contributed by atoms with van der Waals surface area (Å²) in [6.45, 7) is 0. The number of rotatable bonds is 6. The quantitative estimate of drug-likeness (QED) is 0.524. The van der Waals surface area contributed by atoms with Crippen LogP contribution < -0.4 is 5.73 Å². The Morgan fingerprint density at radius 2 is 2.12 bits per heavy atom. The lowest BCUT2D eigenvalue weighted by Crippen LogP contribution is -2.35. The Balaban J connectivity index is 2.71. The fraction of sp³-hybridized carbons (Fsp3) is 0.571. The number of carboxylic acid groups (broad SMARTS) is 2. The van der Waals surface area contributed by atoms with Gasteiger partial charge in [0.1, 0.15) is 11.3 Å². The molecule has 94 valence electrons. The fourth-order valence-electron chi connectivity index (χ4n) is 0.979. The van der Waals surface area contributed by atoms with E-state index in [0.717, 1.165) is 11.8 Å². The molecule has 0 aliphatic heterocycles. The molecule has 10 heteroatoms. The Kier molecular flexibility index (Phi) is 4.40. The molecule has 0 radical (unpaired) electrons. The molecule has 1 aromatic rings. The SMILES string of the molecule is Cn1nnnc1SC(CC(N)C(=O)O)C(=O)O. The standard InChI is InChI=1S/C7H11N5O4S/c1-12-7(9-10-11-12)17-4(6(15)16)2-3(8)5(13)14/h3-4H,2,8H2,1H3,(H,13,14)(H,15,16). The van der Waals surface area contributed by atoms with E-state index in [1.54, 1.807) is 7.05 Å². The van der Waals surface area contributed by atoms with E-state index < -0.39 is 23.2 Å². The first-order chi connectivity index (χ1) is 7.91. The predicted octanol–water partition coefficient (Wildman–Crippen LogP) is -1.44. The predicted molar refractivity (Wildman–Crippen MR) is 56.3 cm³/mol. The molecule has 1 aromatic heterocycles. The monoisotopic (exact) mass is 261 g/mol. The maximum atomic E-state index is 10.9. The van der Waals surface area contributed by atoms with E-state index in [1.165, 1.54) is 4.68 Å². The van der Waals surface area contributed by atoms with E-state index in [1.807, 2.05) is 0 Å². The molecule has 0 aliphatic rings. The molecule has 17 heavy (non-hydrogen) atoms. The highest BCUT2D eigenvalue weighted by Crippen LogP contribution is 2.23. The summed E-state index contributed by atoms with van der Waals surface area (Å²) < 4.78 is 1.30. The van der Waals surface area contributed by atoms with Crippen LogP contribution >= 0.6 is 11.8 Å². The lowest BCUT2D eigenvalue weighted by atomic mass is 10.2. The second-order valence-corrected chi connectivity index (χ2v) is 4.38. The van der Waals surface area contributed by atoms with E-state index >= 15 is 0 Å². The first kappa shape index (κ1) is 13.4. The highest BCUT2D eigenvalue weighted by atomic mass is 32.2. The molecule has 0 bridgehead atoms. The normalized spacial score (nSPS) is 14.2. The Labute approximate surface area is 100.0 Å². The van der Waals surface area contributed by atoms with Crippen LogP contribution in [0.25, 0.3) is 0 Å². The van der Waals surface area contributed by atoms with Gasteiger partial charge in [0.05, 0.1) is 0 Å². The number of tetrazole rings is 1. The van der Waals surface area contributed by atoms with Gasteiger partial charge >= 0.3 is 11.9 Å². The number of hydrogen-bond donors (Lipinski definition) is 3. The molecular weight excluding hydrogens is 250 g/mol. The van der Waals surface area contributed by atoms with Gasteiger partial charge in [-0.2, -0.15) is 0 Å². The highest BCUT2D eigenvalue weighted by molar-refractivity contribution is 8.00. The van der Waals surface area contributed by atoms with Crippen molar-refractivity contribution < 1.29 is 19.8 Å². The second kappa shape index (κ2) is 5.59. The Morgan fingerprint density at radius 3 is 2.53 bits per heavy atom. The third-order valence-electron chi connectivity index (χ3n) is 1.89. The van der Waals surface area contributed by atoms with Crippen LogP contribution in [0.5, 0.6) is 0 Å². The Bertz CT molecular complexity index is 422. The van der Waals surface area contributed by atoms with Gasteiger partial charge in [-0.3, -0.25) is 9.59 Å². The fourth-order valence-corrected chi connectivity index (χ4v) is 1.91. The Hall–Kier alpha value is -1.68. The van der Waals surface area contributed by atoms with Crippen molar-refractivity contribution in [1.82, 2.24) is 20.2 Å². The molecule has 0 aromatic carbocycles. The minimum Gasteiger partial charge on any atom is -0.480 e. The summed E-state index contributed by atoms with van der Waals surface area (Å²) in [5, 5.41) is 27.3. The number of nitrogens with zero attached hydrogens (tertiary/aromatic N) is 4. The van der Waals surface area contributed by atoms with Crippen molar-refractivity contribution in [3.63, 3.8) is 0 Å². The van der Waals surface area contributed by atoms with Crippen LogP contribution in [0.4, 0.5) is 0 Å². The van der Waals surface area contributed by atoms with Crippen molar-refractivity contribution in [1.29, 1.82) is 0 Å². The van der Waals surface area contributed by atoms with Crippen LogP contribution in [0.3, 0.4) is 0 Å².